The Hall–Kier alpha value is -5.47. The van der Waals surface area contributed by atoms with Gasteiger partial charge in [-0.1, -0.05) is 54.1 Å². The highest BCUT2D eigenvalue weighted by atomic mass is 35.5. The number of aliphatic carboxylic acids is 1. The van der Waals surface area contributed by atoms with Gasteiger partial charge in [0.25, 0.3) is 9.84 Å². The highest BCUT2D eigenvalue weighted by molar-refractivity contribution is 7.99. The molecule has 0 amide bonds. The van der Waals surface area contributed by atoms with Crippen LogP contribution in [0.1, 0.15) is 44.8 Å². The quantitative estimate of drug-likeness (QED) is 0.0618. The largest absolute Gasteiger partial charge is 0.501 e. The normalized spacial score (nSPS) is 18.4. The Morgan fingerprint density at radius 3 is 2.06 bits per heavy atom. The molecule has 5 aromatic carbocycles. The van der Waals surface area contributed by atoms with E-state index in [0.29, 0.717) is 92.8 Å². The van der Waals surface area contributed by atoms with E-state index in [-0.39, 0.29) is 35.1 Å². The Labute approximate surface area is 463 Å². The molecule has 3 aliphatic heterocycles. The third-order valence-corrected chi connectivity index (χ3v) is 21.5. The minimum atomic E-state index is -5.98. The maximum Gasteiger partial charge on any atom is 0.501 e. The molecular formula is C56H63ClF3N6O8PS3. The number of carboxylic acid groups (broad SMARTS) is 1. The van der Waals surface area contributed by atoms with Crippen LogP contribution in [0.4, 0.5) is 35.9 Å². The van der Waals surface area contributed by atoms with Gasteiger partial charge in [0.2, 0.25) is 0 Å². The minimum absolute atomic E-state index is 0.0206. The zero-order valence-corrected chi connectivity index (χ0v) is 47.8. The first-order chi connectivity index (χ1) is 37.0. The number of alkyl halides is 3. The Balaban J connectivity index is 0.925. The fraction of sp³-hybridized carbons (Fsp3) is 0.375. The lowest BCUT2D eigenvalue weighted by atomic mass is 9.97. The Morgan fingerprint density at radius 1 is 0.808 bits per heavy atom. The van der Waals surface area contributed by atoms with Crippen molar-refractivity contribution in [2.24, 2.45) is 5.92 Å². The van der Waals surface area contributed by atoms with Gasteiger partial charge in [-0.15, -0.1) is 11.8 Å². The number of thioether (sulfide) groups is 1. The average Bonchev–Trinajstić information content (AvgIpc) is 4.13. The maximum atomic E-state index is 15.0. The molecule has 0 saturated carbocycles. The fourth-order valence-corrected chi connectivity index (χ4v) is 16.4. The number of anilines is 4. The molecule has 416 valence electrons. The number of piperidine rings is 1. The number of rotatable bonds is 18. The van der Waals surface area contributed by atoms with Crippen LogP contribution in [0.3, 0.4) is 0 Å². The SMILES string of the molecule is Cc1c(S(C)(=O)=O)c(-c2cccc(N3CCN(c4ccc(N5CCO[P@]5(=O)c5ccc(NC(CCN6CCC(C(=O)O)CC6)CSc6ccccc6)c(S(=O)(=O)C(F)(F)F)c5)cc4)CC3)c2)c(-c2ccc(Cl)cc2)n1C(C)C. The summed E-state index contributed by atoms with van der Waals surface area (Å²) >= 11 is 7.76. The molecule has 2 N–H and O–H groups in total. The Kier molecular flexibility index (Phi) is 17.1. The number of hydrogen-bond acceptors (Lipinski definition) is 12. The molecule has 3 fully saturated rings. The molecule has 2 atom stereocenters. The van der Waals surface area contributed by atoms with Crippen LogP contribution in [0, 0.1) is 12.8 Å². The molecule has 3 aliphatic rings. The molecule has 0 aliphatic carbocycles. The molecule has 0 spiro atoms. The second-order valence-electron chi connectivity index (χ2n) is 20.2. The van der Waals surface area contributed by atoms with Gasteiger partial charge in [-0.05, 0) is 143 Å². The van der Waals surface area contributed by atoms with E-state index in [0.717, 1.165) is 39.2 Å². The van der Waals surface area contributed by atoms with Crippen molar-refractivity contribution in [1.29, 1.82) is 0 Å². The van der Waals surface area contributed by atoms with Gasteiger partial charge in [-0.25, -0.2) is 16.8 Å². The van der Waals surface area contributed by atoms with E-state index < -0.39 is 55.5 Å². The number of hydrogen-bond donors (Lipinski definition) is 2. The van der Waals surface area contributed by atoms with Crippen LogP contribution < -0.4 is 25.1 Å². The third kappa shape index (κ3) is 12.1. The van der Waals surface area contributed by atoms with Crippen LogP contribution in [0.5, 0.6) is 0 Å². The van der Waals surface area contributed by atoms with Crippen LogP contribution in [0.15, 0.2) is 136 Å². The minimum Gasteiger partial charge on any atom is -0.481 e. The lowest BCUT2D eigenvalue weighted by Gasteiger charge is -2.37. The van der Waals surface area contributed by atoms with Crippen LogP contribution in [0.2, 0.25) is 5.02 Å². The zero-order valence-electron chi connectivity index (χ0n) is 43.7. The lowest BCUT2D eigenvalue weighted by molar-refractivity contribution is -0.143. The predicted octanol–water partition coefficient (Wildman–Crippen LogP) is 11.5. The number of likely N-dealkylation sites (tertiary alicyclic amines) is 1. The summed E-state index contributed by atoms with van der Waals surface area (Å²) in [6.07, 6.45) is 2.61. The molecule has 6 aromatic rings. The smallest absolute Gasteiger partial charge is 0.481 e. The summed E-state index contributed by atoms with van der Waals surface area (Å²) in [5.41, 5.74) is 0.0604. The number of carboxylic acids is 1. The molecule has 3 saturated heterocycles. The van der Waals surface area contributed by atoms with Gasteiger partial charge in [0.1, 0.15) is 4.90 Å². The van der Waals surface area contributed by atoms with Crippen LogP contribution in [-0.2, 0) is 33.6 Å². The third-order valence-electron chi connectivity index (χ3n) is 14.7. The van der Waals surface area contributed by atoms with Gasteiger partial charge < -0.3 is 34.2 Å². The summed E-state index contributed by atoms with van der Waals surface area (Å²) in [5, 5.41) is 13.0. The fourth-order valence-electron chi connectivity index (χ4n) is 10.8. The van der Waals surface area contributed by atoms with E-state index in [9.17, 15) is 39.9 Å². The van der Waals surface area contributed by atoms with E-state index in [1.807, 2.05) is 99.6 Å². The van der Waals surface area contributed by atoms with Crippen molar-refractivity contribution >= 4 is 84.6 Å². The summed E-state index contributed by atoms with van der Waals surface area (Å²) in [4.78, 5) is 18.3. The topological polar surface area (TPSA) is 162 Å². The highest BCUT2D eigenvalue weighted by Gasteiger charge is 2.49. The van der Waals surface area contributed by atoms with Crippen molar-refractivity contribution in [3.8, 4) is 22.4 Å². The van der Waals surface area contributed by atoms with Crippen LogP contribution >= 0.6 is 30.9 Å². The first kappa shape index (κ1) is 57.2. The number of nitrogens with one attached hydrogen (secondary N) is 1. The molecule has 0 bridgehead atoms. The summed E-state index contributed by atoms with van der Waals surface area (Å²) in [6.45, 7) is 10.2. The van der Waals surface area contributed by atoms with Crippen molar-refractivity contribution in [3.63, 3.8) is 0 Å². The second-order valence-corrected chi connectivity index (χ2v) is 27.9. The number of sulfone groups is 2. The van der Waals surface area contributed by atoms with Crippen molar-refractivity contribution < 1.29 is 49.0 Å². The number of carbonyl (C=O) groups is 1. The van der Waals surface area contributed by atoms with Gasteiger partial charge in [0, 0.05) is 95.1 Å². The number of piperazine rings is 1. The Bertz CT molecular complexity index is 3410. The first-order valence-corrected chi connectivity index (χ1v) is 32.1. The summed E-state index contributed by atoms with van der Waals surface area (Å²) < 4.78 is 122. The lowest BCUT2D eigenvalue weighted by Crippen LogP contribution is -2.46. The van der Waals surface area contributed by atoms with Crippen LogP contribution in [-0.4, -0.2) is 120 Å². The molecule has 1 unspecified atom stereocenters. The zero-order chi connectivity index (χ0) is 55.7. The number of halogens is 4. The summed E-state index contributed by atoms with van der Waals surface area (Å²) in [6, 6.07) is 35.0. The molecule has 14 nitrogen and oxygen atoms in total. The number of benzene rings is 5. The molecule has 22 heteroatoms. The highest BCUT2D eigenvalue weighted by Crippen LogP contribution is 2.56. The van der Waals surface area contributed by atoms with Gasteiger partial charge in [0.15, 0.2) is 9.84 Å². The first-order valence-electron chi connectivity index (χ1n) is 25.8. The molecule has 9 rings (SSSR count). The molecule has 1 aromatic heterocycles. The maximum absolute atomic E-state index is 15.0. The van der Waals surface area contributed by atoms with E-state index in [1.54, 1.807) is 24.3 Å². The summed E-state index contributed by atoms with van der Waals surface area (Å²) in [7, 11) is -13.8. The van der Waals surface area contributed by atoms with Crippen molar-refractivity contribution in [2.75, 3.05) is 90.8 Å². The Morgan fingerprint density at radius 2 is 1.45 bits per heavy atom. The van der Waals surface area contributed by atoms with E-state index in [4.69, 9.17) is 16.1 Å². The standard InChI is InChI=1S/C56H63ClF3N6O8PS3/c1-38(2)66-39(3)54(77(4,70)71)52(53(66)40-13-15-43(57)16-14-40)42-9-8-10-47(35-42)64-31-29-63(30-32-64)45-17-19-46(20-18-45)65-33-34-74-75(65,69)48-21-22-50(51(36-48)78(72,73)56(58,59)60)61-44(37-76-49-11-6-5-7-12-49)25-28-62-26-23-41(24-27-62)55(67)68/h5-22,35-36,38,41,44,61H,23-34,37H2,1-4H3,(H,67,68)/t44?,75-/m1/s1. The van der Waals surface area contributed by atoms with Gasteiger partial charge >= 0.3 is 19.0 Å². The number of aromatic nitrogens is 1. The molecule has 0 radical (unpaired) electrons. The van der Waals surface area contributed by atoms with Gasteiger partial charge in [0.05, 0.1) is 40.7 Å². The molecular weight excluding hydrogens is 1100 g/mol. The van der Waals surface area contributed by atoms with Crippen molar-refractivity contribution in [1.82, 2.24) is 9.47 Å². The second kappa shape index (κ2) is 23.3. The van der Waals surface area contributed by atoms with Crippen molar-refractivity contribution in [2.45, 2.75) is 72.3 Å². The predicted molar refractivity (Wildman–Crippen MR) is 306 cm³/mol. The molecule has 78 heavy (non-hydrogen) atoms. The van der Waals surface area contributed by atoms with Gasteiger partial charge in [-0.3, -0.25) is 14.0 Å². The van der Waals surface area contributed by atoms with Crippen molar-refractivity contribution in [3.05, 3.63) is 132 Å². The van der Waals surface area contributed by atoms with Gasteiger partial charge in [-0.2, -0.15) is 13.2 Å². The van der Waals surface area contributed by atoms with E-state index in [1.165, 1.54) is 34.8 Å². The summed E-state index contributed by atoms with van der Waals surface area (Å²) in [5.74, 6) is -0.905. The molecule has 4 heterocycles. The average molecular weight is 1170 g/mol. The number of nitrogens with zero attached hydrogens (tertiary/aromatic N) is 5. The van der Waals surface area contributed by atoms with E-state index >= 15 is 4.57 Å². The van der Waals surface area contributed by atoms with E-state index in [2.05, 4.69) is 24.6 Å². The monoisotopic (exact) mass is 1170 g/mol. The van der Waals surface area contributed by atoms with Crippen LogP contribution in [0.25, 0.3) is 22.4 Å².